The number of rotatable bonds is 6. The maximum Gasteiger partial charge on any atom is 0.349 e. The minimum Gasteiger partial charge on any atom is -0.451 e. The predicted octanol–water partition coefficient (Wildman–Crippen LogP) is 3.68. The molecular weight excluding hydrogens is 366 g/mol. The first-order valence-corrected chi connectivity index (χ1v) is 9.55. The second kappa shape index (κ2) is 9.56. The number of hydrogen-bond acceptors (Lipinski definition) is 5. The van der Waals surface area contributed by atoms with Gasteiger partial charge in [0.15, 0.2) is 6.61 Å². The van der Waals surface area contributed by atoms with Crippen molar-refractivity contribution in [2.24, 2.45) is 0 Å². The van der Waals surface area contributed by atoms with Gasteiger partial charge in [-0.25, -0.2) is 4.79 Å². The smallest absolute Gasteiger partial charge is 0.349 e. The van der Waals surface area contributed by atoms with Gasteiger partial charge in [-0.2, -0.15) is 5.26 Å². The average molecular weight is 389 g/mol. The number of aryl methyl sites for hydroxylation is 1. The SMILES string of the molecule is Cc1ccc(/C=C(\C#N)C(=O)OCC(=O)Nc2ccc(N3CCCC3)cc2)cc1. The lowest BCUT2D eigenvalue weighted by atomic mass is 10.1. The minimum absolute atomic E-state index is 0.156. The van der Waals surface area contributed by atoms with Crippen LogP contribution in [0.4, 0.5) is 11.4 Å². The Morgan fingerprint density at radius 2 is 1.76 bits per heavy atom. The molecule has 1 heterocycles. The normalized spacial score (nSPS) is 13.7. The van der Waals surface area contributed by atoms with E-state index >= 15 is 0 Å². The van der Waals surface area contributed by atoms with Crippen molar-refractivity contribution in [2.75, 3.05) is 29.9 Å². The van der Waals surface area contributed by atoms with Crippen LogP contribution in [0.25, 0.3) is 6.08 Å². The summed E-state index contributed by atoms with van der Waals surface area (Å²) in [6.07, 6.45) is 3.84. The van der Waals surface area contributed by atoms with Crippen molar-refractivity contribution in [3.8, 4) is 6.07 Å². The maximum atomic E-state index is 12.1. The van der Waals surface area contributed by atoms with Gasteiger partial charge in [0.1, 0.15) is 11.6 Å². The fourth-order valence-electron chi connectivity index (χ4n) is 3.10. The highest BCUT2D eigenvalue weighted by Gasteiger charge is 2.14. The molecule has 0 spiro atoms. The van der Waals surface area contributed by atoms with Crippen LogP contribution < -0.4 is 10.2 Å². The Labute approximate surface area is 170 Å². The van der Waals surface area contributed by atoms with E-state index in [1.165, 1.54) is 18.9 Å². The zero-order valence-electron chi connectivity index (χ0n) is 16.4. The molecule has 0 atom stereocenters. The lowest BCUT2D eigenvalue weighted by Crippen LogP contribution is -2.21. The first-order valence-electron chi connectivity index (χ1n) is 9.55. The number of benzene rings is 2. The molecule has 6 nitrogen and oxygen atoms in total. The van der Waals surface area contributed by atoms with Gasteiger partial charge in [-0.3, -0.25) is 4.79 Å². The van der Waals surface area contributed by atoms with Gasteiger partial charge >= 0.3 is 5.97 Å². The van der Waals surface area contributed by atoms with Crippen molar-refractivity contribution in [1.82, 2.24) is 0 Å². The molecule has 6 heteroatoms. The summed E-state index contributed by atoms with van der Waals surface area (Å²) in [6.45, 7) is 3.60. The highest BCUT2D eigenvalue weighted by molar-refractivity contribution is 6.00. The second-order valence-electron chi connectivity index (χ2n) is 6.95. The van der Waals surface area contributed by atoms with Crippen molar-refractivity contribution in [3.05, 3.63) is 65.2 Å². The molecule has 1 amide bonds. The topological polar surface area (TPSA) is 82.4 Å². The minimum atomic E-state index is -0.826. The van der Waals surface area contributed by atoms with Crippen LogP contribution in [-0.2, 0) is 14.3 Å². The molecule has 2 aromatic rings. The van der Waals surface area contributed by atoms with Gasteiger partial charge in [0.25, 0.3) is 5.91 Å². The maximum absolute atomic E-state index is 12.1. The lowest BCUT2D eigenvalue weighted by molar-refractivity contribution is -0.142. The van der Waals surface area contributed by atoms with Gasteiger partial charge in [-0.1, -0.05) is 29.8 Å². The van der Waals surface area contributed by atoms with Crippen molar-refractivity contribution < 1.29 is 14.3 Å². The van der Waals surface area contributed by atoms with Crippen LogP contribution in [0.15, 0.2) is 54.1 Å². The number of carbonyl (C=O) groups excluding carboxylic acids is 2. The molecule has 0 unspecified atom stereocenters. The number of nitrogens with one attached hydrogen (secondary N) is 1. The summed E-state index contributed by atoms with van der Waals surface area (Å²) in [5, 5.41) is 11.9. The standard InChI is InChI=1S/C23H23N3O3/c1-17-4-6-18(7-5-17)14-19(15-24)23(28)29-16-22(27)25-20-8-10-21(11-9-20)26-12-2-3-13-26/h4-11,14H,2-3,12-13,16H2,1H3,(H,25,27)/b19-14+. The van der Waals surface area contributed by atoms with Crippen LogP contribution in [0, 0.1) is 18.3 Å². The highest BCUT2D eigenvalue weighted by Crippen LogP contribution is 2.22. The molecule has 148 valence electrons. The van der Waals surface area contributed by atoms with E-state index in [0.717, 1.165) is 24.3 Å². The van der Waals surface area contributed by atoms with E-state index < -0.39 is 18.5 Å². The Hall–Kier alpha value is -3.59. The molecule has 0 aromatic heterocycles. The molecule has 3 rings (SSSR count). The Balaban J connectivity index is 1.52. The van der Waals surface area contributed by atoms with Crippen LogP contribution in [0.3, 0.4) is 0 Å². The quantitative estimate of drug-likeness (QED) is 0.463. The predicted molar refractivity (Wildman–Crippen MR) is 112 cm³/mol. The number of hydrogen-bond donors (Lipinski definition) is 1. The van der Waals surface area contributed by atoms with E-state index in [1.54, 1.807) is 12.1 Å². The molecule has 0 radical (unpaired) electrons. The van der Waals surface area contributed by atoms with Crippen molar-refractivity contribution in [1.29, 1.82) is 5.26 Å². The van der Waals surface area contributed by atoms with Crippen LogP contribution in [-0.4, -0.2) is 31.6 Å². The summed E-state index contributed by atoms with van der Waals surface area (Å²) in [5.41, 5.74) is 3.40. The number of amides is 1. The van der Waals surface area contributed by atoms with Crippen LogP contribution in [0.1, 0.15) is 24.0 Å². The third-order valence-electron chi connectivity index (χ3n) is 4.69. The largest absolute Gasteiger partial charge is 0.451 e. The van der Waals surface area contributed by atoms with E-state index in [1.807, 2.05) is 49.4 Å². The number of ether oxygens (including phenoxy) is 1. The third-order valence-corrected chi connectivity index (χ3v) is 4.69. The fourth-order valence-corrected chi connectivity index (χ4v) is 3.10. The molecule has 2 aromatic carbocycles. The molecule has 1 N–H and O–H groups in total. The van der Waals surface area contributed by atoms with Gasteiger partial charge in [0.05, 0.1) is 0 Å². The highest BCUT2D eigenvalue weighted by atomic mass is 16.5. The summed E-state index contributed by atoms with van der Waals surface area (Å²) >= 11 is 0. The van der Waals surface area contributed by atoms with Crippen LogP contribution in [0.2, 0.25) is 0 Å². The molecule has 0 bridgehead atoms. The zero-order valence-corrected chi connectivity index (χ0v) is 16.4. The van der Waals surface area contributed by atoms with Crippen LogP contribution in [0.5, 0.6) is 0 Å². The Kier molecular flexibility index (Phi) is 6.64. The number of esters is 1. The Bertz CT molecular complexity index is 935. The lowest BCUT2D eigenvalue weighted by Gasteiger charge is -2.17. The van der Waals surface area contributed by atoms with E-state index in [2.05, 4.69) is 10.2 Å². The van der Waals surface area contributed by atoms with Crippen molar-refractivity contribution >= 4 is 29.3 Å². The summed E-state index contributed by atoms with van der Waals surface area (Å²) in [4.78, 5) is 26.5. The summed E-state index contributed by atoms with van der Waals surface area (Å²) < 4.78 is 4.98. The Morgan fingerprint density at radius 3 is 2.38 bits per heavy atom. The summed E-state index contributed by atoms with van der Waals surface area (Å²) in [6, 6.07) is 16.8. The van der Waals surface area contributed by atoms with Gasteiger partial charge in [0, 0.05) is 24.5 Å². The first kappa shape index (κ1) is 20.2. The number of nitrogens with zero attached hydrogens (tertiary/aromatic N) is 2. The van der Waals surface area contributed by atoms with Gasteiger partial charge in [-0.15, -0.1) is 0 Å². The van der Waals surface area contributed by atoms with E-state index in [9.17, 15) is 14.9 Å². The fraction of sp³-hybridized carbons (Fsp3) is 0.261. The molecule has 1 aliphatic heterocycles. The molecule has 1 aliphatic rings. The number of carbonyl (C=O) groups is 2. The Morgan fingerprint density at radius 1 is 1.10 bits per heavy atom. The second-order valence-corrected chi connectivity index (χ2v) is 6.95. The number of nitriles is 1. The molecule has 1 saturated heterocycles. The van der Waals surface area contributed by atoms with Crippen molar-refractivity contribution in [3.63, 3.8) is 0 Å². The van der Waals surface area contributed by atoms with E-state index in [0.29, 0.717) is 11.3 Å². The summed E-state index contributed by atoms with van der Waals surface area (Å²) in [5.74, 6) is -1.28. The average Bonchev–Trinajstić information content (AvgIpc) is 3.27. The van der Waals surface area contributed by atoms with Gasteiger partial charge < -0.3 is 15.0 Å². The third kappa shape index (κ3) is 5.69. The molecule has 0 aliphatic carbocycles. The number of anilines is 2. The first-order chi connectivity index (χ1) is 14.0. The monoisotopic (exact) mass is 389 g/mol. The molecule has 0 saturated carbocycles. The van der Waals surface area contributed by atoms with Crippen LogP contribution >= 0.6 is 0 Å². The molecule has 29 heavy (non-hydrogen) atoms. The molecule has 1 fully saturated rings. The summed E-state index contributed by atoms with van der Waals surface area (Å²) in [7, 11) is 0. The van der Waals surface area contributed by atoms with Gasteiger partial charge in [-0.05, 0) is 55.7 Å². The van der Waals surface area contributed by atoms with E-state index in [-0.39, 0.29) is 5.57 Å². The van der Waals surface area contributed by atoms with Gasteiger partial charge in [0.2, 0.25) is 0 Å². The molecular formula is C23H23N3O3. The zero-order chi connectivity index (χ0) is 20.6. The van der Waals surface area contributed by atoms with E-state index in [4.69, 9.17) is 4.74 Å². The van der Waals surface area contributed by atoms with Crippen molar-refractivity contribution in [2.45, 2.75) is 19.8 Å².